The number of nitrogens with one attached hydrogen (secondary N) is 1. The Kier molecular flexibility index (Phi) is 5.03. The molecule has 0 amide bonds. The predicted octanol–water partition coefficient (Wildman–Crippen LogP) is 4.94. The maximum absolute atomic E-state index is 13.7. The largest absolute Gasteiger partial charge is 0.313 e. The lowest BCUT2D eigenvalue weighted by Crippen LogP contribution is -2.19. The molecule has 0 aliphatic carbocycles. The molecule has 0 aliphatic heterocycles. The van der Waals surface area contributed by atoms with Gasteiger partial charge in [0, 0.05) is 16.1 Å². The summed E-state index contributed by atoms with van der Waals surface area (Å²) in [5.74, 6) is -0.194. The quantitative estimate of drug-likeness (QED) is 0.843. The zero-order valence-corrected chi connectivity index (χ0v) is 12.9. The Balaban J connectivity index is 2.28. The van der Waals surface area contributed by atoms with E-state index in [1.165, 1.54) is 0 Å². The highest BCUT2D eigenvalue weighted by Gasteiger charge is 2.14. The molecule has 0 spiro atoms. The van der Waals surface area contributed by atoms with Gasteiger partial charge in [0.25, 0.3) is 0 Å². The SMILES string of the molecule is CNC(Cc1cc(Cl)ccc1Cl)c1ccc(C)c(F)c1. The Bertz CT molecular complexity index is 613. The molecule has 1 unspecified atom stereocenters. The van der Waals surface area contributed by atoms with Crippen molar-refractivity contribution in [1.82, 2.24) is 5.32 Å². The van der Waals surface area contributed by atoms with Gasteiger partial charge < -0.3 is 5.32 Å². The van der Waals surface area contributed by atoms with Crippen molar-refractivity contribution < 1.29 is 4.39 Å². The van der Waals surface area contributed by atoms with Crippen LogP contribution < -0.4 is 5.32 Å². The van der Waals surface area contributed by atoms with Crippen LogP contribution in [-0.2, 0) is 6.42 Å². The summed E-state index contributed by atoms with van der Waals surface area (Å²) in [6, 6.07) is 10.6. The molecule has 20 heavy (non-hydrogen) atoms. The van der Waals surface area contributed by atoms with Gasteiger partial charge >= 0.3 is 0 Å². The van der Waals surface area contributed by atoms with Gasteiger partial charge in [0.2, 0.25) is 0 Å². The second-order valence-electron chi connectivity index (χ2n) is 4.79. The van der Waals surface area contributed by atoms with E-state index in [1.54, 1.807) is 31.2 Å². The average Bonchev–Trinajstić information content (AvgIpc) is 2.43. The second kappa shape index (κ2) is 6.57. The molecule has 1 atom stereocenters. The summed E-state index contributed by atoms with van der Waals surface area (Å²) in [4.78, 5) is 0. The predicted molar refractivity (Wildman–Crippen MR) is 83.1 cm³/mol. The first-order valence-corrected chi connectivity index (χ1v) is 7.14. The number of rotatable bonds is 4. The van der Waals surface area contributed by atoms with Gasteiger partial charge in [-0.3, -0.25) is 0 Å². The molecule has 2 aromatic rings. The summed E-state index contributed by atoms with van der Waals surface area (Å²) in [6.07, 6.45) is 0.651. The van der Waals surface area contributed by atoms with Crippen LogP contribution in [0.3, 0.4) is 0 Å². The lowest BCUT2D eigenvalue weighted by molar-refractivity contribution is 0.574. The second-order valence-corrected chi connectivity index (χ2v) is 5.63. The minimum atomic E-state index is -0.194. The zero-order chi connectivity index (χ0) is 14.7. The van der Waals surface area contributed by atoms with Crippen LogP contribution in [-0.4, -0.2) is 7.05 Å². The molecular weight excluding hydrogens is 296 g/mol. The first-order chi connectivity index (χ1) is 9.51. The van der Waals surface area contributed by atoms with Crippen molar-refractivity contribution in [2.24, 2.45) is 0 Å². The van der Waals surface area contributed by atoms with Gasteiger partial charge in [0.15, 0.2) is 0 Å². The summed E-state index contributed by atoms with van der Waals surface area (Å²) in [5, 5.41) is 4.51. The summed E-state index contributed by atoms with van der Waals surface area (Å²) < 4.78 is 13.7. The molecule has 1 nitrogen and oxygen atoms in total. The van der Waals surface area contributed by atoms with Crippen LogP contribution in [0.2, 0.25) is 10.0 Å². The van der Waals surface area contributed by atoms with Gasteiger partial charge in [-0.25, -0.2) is 4.39 Å². The van der Waals surface area contributed by atoms with E-state index in [9.17, 15) is 4.39 Å². The van der Waals surface area contributed by atoms with E-state index in [-0.39, 0.29) is 11.9 Å². The number of hydrogen-bond acceptors (Lipinski definition) is 1. The molecule has 2 rings (SSSR count). The van der Waals surface area contributed by atoms with Crippen LogP contribution in [0, 0.1) is 12.7 Å². The molecule has 0 saturated carbocycles. The Morgan fingerprint density at radius 3 is 2.55 bits per heavy atom. The monoisotopic (exact) mass is 311 g/mol. The fourth-order valence-electron chi connectivity index (χ4n) is 2.13. The highest BCUT2D eigenvalue weighted by molar-refractivity contribution is 6.33. The van der Waals surface area contributed by atoms with Gasteiger partial charge in [-0.05, 0) is 61.3 Å². The van der Waals surface area contributed by atoms with Crippen molar-refractivity contribution >= 4 is 23.2 Å². The topological polar surface area (TPSA) is 12.0 Å². The van der Waals surface area contributed by atoms with Crippen molar-refractivity contribution in [2.45, 2.75) is 19.4 Å². The molecular formula is C16H16Cl2FN. The summed E-state index contributed by atoms with van der Waals surface area (Å²) in [7, 11) is 1.85. The minimum absolute atomic E-state index is 0.0129. The van der Waals surface area contributed by atoms with Crippen LogP contribution >= 0.6 is 23.2 Å². The third-order valence-electron chi connectivity index (χ3n) is 3.38. The molecule has 4 heteroatoms. The number of benzene rings is 2. The van der Waals surface area contributed by atoms with Crippen molar-refractivity contribution in [1.29, 1.82) is 0 Å². The summed E-state index contributed by atoms with van der Waals surface area (Å²) >= 11 is 12.2. The standard InChI is InChI=1S/C16H16Cl2FN/c1-10-3-4-11(8-15(10)19)16(20-2)9-12-7-13(17)5-6-14(12)18/h3-8,16,20H,9H2,1-2H3. The molecule has 0 fully saturated rings. The van der Waals surface area contributed by atoms with E-state index in [1.807, 2.05) is 19.2 Å². The van der Waals surface area contributed by atoms with Gasteiger partial charge in [-0.15, -0.1) is 0 Å². The van der Waals surface area contributed by atoms with Gasteiger partial charge in [-0.2, -0.15) is 0 Å². The maximum atomic E-state index is 13.7. The van der Waals surface area contributed by atoms with Gasteiger partial charge in [-0.1, -0.05) is 35.3 Å². The number of aryl methyl sites for hydroxylation is 1. The van der Waals surface area contributed by atoms with E-state index < -0.39 is 0 Å². The molecule has 0 radical (unpaired) electrons. The molecule has 0 bridgehead atoms. The average molecular weight is 312 g/mol. The van der Waals surface area contributed by atoms with E-state index >= 15 is 0 Å². The summed E-state index contributed by atoms with van der Waals surface area (Å²) in [6.45, 7) is 1.75. The van der Waals surface area contributed by atoms with Crippen LogP contribution in [0.25, 0.3) is 0 Å². The third-order valence-corrected chi connectivity index (χ3v) is 3.98. The third kappa shape index (κ3) is 3.51. The van der Waals surface area contributed by atoms with Crippen molar-refractivity contribution in [2.75, 3.05) is 7.05 Å². The Labute approximate surface area is 128 Å². The molecule has 0 heterocycles. The molecule has 0 saturated heterocycles. The zero-order valence-electron chi connectivity index (χ0n) is 11.4. The first kappa shape index (κ1) is 15.3. The van der Waals surface area contributed by atoms with E-state index in [2.05, 4.69) is 5.32 Å². The van der Waals surface area contributed by atoms with Crippen molar-refractivity contribution in [3.05, 3.63) is 69.0 Å². The van der Waals surface area contributed by atoms with Gasteiger partial charge in [0.05, 0.1) is 0 Å². The van der Waals surface area contributed by atoms with Gasteiger partial charge in [0.1, 0.15) is 5.82 Å². The van der Waals surface area contributed by atoms with Crippen molar-refractivity contribution in [3.8, 4) is 0 Å². The van der Waals surface area contributed by atoms with Crippen molar-refractivity contribution in [3.63, 3.8) is 0 Å². The van der Waals surface area contributed by atoms with Crippen LogP contribution in [0.15, 0.2) is 36.4 Å². The number of halogens is 3. The molecule has 1 N–H and O–H groups in total. The summed E-state index contributed by atoms with van der Waals surface area (Å²) in [5.41, 5.74) is 2.48. The lowest BCUT2D eigenvalue weighted by Gasteiger charge is -2.18. The van der Waals surface area contributed by atoms with Crippen LogP contribution in [0.1, 0.15) is 22.7 Å². The van der Waals surface area contributed by atoms with Crippen LogP contribution in [0.4, 0.5) is 4.39 Å². The number of likely N-dealkylation sites (N-methyl/N-ethyl adjacent to an activating group) is 1. The lowest BCUT2D eigenvalue weighted by atomic mass is 9.98. The molecule has 2 aromatic carbocycles. The van der Waals surface area contributed by atoms with E-state index in [4.69, 9.17) is 23.2 Å². The number of hydrogen-bond donors (Lipinski definition) is 1. The molecule has 0 aromatic heterocycles. The molecule has 0 aliphatic rings. The fourth-order valence-corrected chi connectivity index (χ4v) is 2.52. The normalized spacial score (nSPS) is 12.4. The highest BCUT2D eigenvalue weighted by atomic mass is 35.5. The Hall–Kier alpha value is -1.09. The maximum Gasteiger partial charge on any atom is 0.126 e. The Morgan fingerprint density at radius 2 is 1.90 bits per heavy atom. The van der Waals surface area contributed by atoms with E-state index in [0.29, 0.717) is 22.0 Å². The minimum Gasteiger partial charge on any atom is -0.313 e. The smallest absolute Gasteiger partial charge is 0.126 e. The van der Waals surface area contributed by atoms with Crippen LogP contribution in [0.5, 0.6) is 0 Å². The van der Waals surface area contributed by atoms with E-state index in [0.717, 1.165) is 11.1 Å². The highest BCUT2D eigenvalue weighted by Crippen LogP contribution is 2.26. The first-order valence-electron chi connectivity index (χ1n) is 6.38. The molecule has 106 valence electrons. The fraction of sp³-hybridized carbons (Fsp3) is 0.250. The Morgan fingerprint density at radius 1 is 1.15 bits per heavy atom.